The van der Waals surface area contributed by atoms with Gasteiger partial charge in [-0.2, -0.15) is 10.5 Å². The summed E-state index contributed by atoms with van der Waals surface area (Å²) in [6.45, 7) is 2.34. The van der Waals surface area contributed by atoms with Crippen LogP contribution in [-0.4, -0.2) is 24.9 Å². The van der Waals surface area contributed by atoms with Gasteiger partial charge in [-0.15, -0.1) is 0 Å². The van der Waals surface area contributed by atoms with Crippen LogP contribution in [0, 0.1) is 22.7 Å². The van der Waals surface area contributed by atoms with E-state index in [0.29, 0.717) is 28.1 Å². The molecule has 0 aromatic heterocycles. The first kappa shape index (κ1) is 16.0. The van der Waals surface area contributed by atoms with Crippen LogP contribution in [0.3, 0.4) is 0 Å². The fourth-order valence-electron chi connectivity index (χ4n) is 1.44. The fourth-order valence-corrected chi connectivity index (χ4v) is 1.88. The highest BCUT2D eigenvalue weighted by molar-refractivity contribution is 9.10. The van der Waals surface area contributed by atoms with Gasteiger partial charge in [0, 0.05) is 4.47 Å². The van der Waals surface area contributed by atoms with Crippen molar-refractivity contribution < 1.29 is 14.6 Å². The maximum absolute atomic E-state index is 8.80. The number of nitrogens with zero attached hydrogens (tertiary/aromatic N) is 2. The van der Waals surface area contributed by atoms with Gasteiger partial charge in [0.2, 0.25) is 0 Å². The number of halogens is 1. The third-order valence-corrected chi connectivity index (χ3v) is 2.94. The molecule has 1 aromatic carbocycles. The van der Waals surface area contributed by atoms with Crippen LogP contribution in [0.4, 0.5) is 0 Å². The number of hydrogen-bond donors (Lipinski definition) is 1. The Labute approximate surface area is 125 Å². The lowest BCUT2D eigenvalue weighted by Gasteiger charge is -2.13. The molecule has 0 heterocycles. The summed E-state index contributed by atoms with van der Waals surface area (Å²) >= 11 is 3.35. The normalized spacial score (nSPS) is 9.25. The summed E-state index contributed by atoms with van der Waals surface area (Å²) in [5, 5.41) is 26.4. The third-order valence-electron chi connectivity index (χ3n) is 2.25. The topological polar surface area (TPSA) is 86.3 Å². The zero-order chi connectivity index (χ0) is 15.0. The van der Waals surface area contributed by atoms with E-state index in [0.717, 1.165) is 0 Å². The maximum Gasteiger partial charge on any atom is 0.162 e. The van der Waals surface area contributed by atoms with Crippen LogP contribution < -0.4 is 9.47 Å². The van der Waals surface area contributed by atoms with Gasteiger partial charge in [0.25, 0.3) is 0 Å². The predicted octanol–water partition coefficient (Wildman–Crippen LogP) is 2.65. The number of rotatable bonds is 6. The highest BCUT2D eigenvalue weighted by Gasteiger charge is 2.10. The van der Waals surface area contributed by atoms with Gasteiger partial charge in [-0.25, -0.2) is 0 Å². The molecule has 1 rings (SSSR count). The molecule has 1 aromatic rings. The van der Waals surface area contributed by atoms with Crippen molar-refractivity contribution in [2.75, 3.05) is 19.8 Å². The largest absolute Gasteiger partial charge is 0.490 e. The van der Waals surface area contributed by atoms with Crippen molar-refractivity contribution >= 4 is 22.0 Å². The Bertz CT molecular complexity index is 569. The lowest BCUT2D eigenvalue weighted by Crippen LogP contribution is -2.04. The minimum absolute atomic E-state index is 0.00262. The zero-order valence-electron chi connectivity index (χ0n) is 10.9. The Hall–Kier alpha value is -2.02. The highest BCUT2D eigenvalue weighted by Crippen LogP contribution is 2.34. The van der Waals surface area contributed by atoms with Crippen LogP contribution in [0.2, 0.25) is 0 Å². The van der Waals surface area contributed by atoms with E-state index in [1.165, 1.54) is 6.08 Å². The molecule has 0 saturated heterocycles. The molecular weight excluding hydrogens is 324 g/mol. The molecule has 0 unspecified atom stereocenters. The first-order valence-electron chi connectivity index (χ1n) is 5.88. The van der Waals surface area contributed by atoms with E-state index in [9.17, 15) is 0 Å². The monoisotopic (exact) mass is 336 g/mol. The lowest BCUT2D eigenvalue weighted by molar-refractivity contribution is 0.194. The van der Waals surface area contributed by atoms with Crippen molar-refractivity contribution in [3.05, 3.63) is 27.7 Å². The summed E-state index contributed by atoms with van der Waals surface area (Å²) in [6, 6.07) is 6.96. The average Bonchev–Trinajstić information content (AvgIpc) is 2.46. The molecule has 0 bridgehead atoms. The number of aliphatic hydroxyl groups is 1. The van der Waals surface area contributed by atoms with Crippen molar-refractivity contribution in [2.24, 2.45) is 0 Å². The molecule has 0 saturated carbocycles. The highest BCUT2D eigenvalue weighted by atomic mass is 79.9. The van der Waals surface area contributed by atoms with Gasteiger partial charge < -0.3 is 14.6 Å². The van der Waals surface area contributed by atoms with E-state index in [4.69, 9.17) is 25.1 Å². The van der Waals surface area contributed by atoms with Crippen LogP contribution in [-0.2, 0) is 0 Å². The van der Waals surface area contributed by atoms with Crippen molar-refractivity contribution in [3.63, 3.8) is 0 Å². The molecule has 0 aliphatic rings. The van der Waals surface area contributed by atoms with Crippen LogP contribution in [0.25, 0.3) is 6.08 Å². The van der Waals surface area contributed by atoms with Crippen LogP contribution in [0.5, 0.6) is 11.5 Å². The molecule has 0 spiro atoms. The number of benzene rings is 1. The van der Waals surface area contributed by atoms with Crippen LogP contribution in [0.1, 0.15) is 12.5 Å². The van der Waals surface area contributed by atoms with Gasteiger partial charge >= 0.3 is 0 Å². The van der Waals surface area contributed by atoms with Crippen molar-refractivity contribution in [1.29, 1.82) is 10.5 Å². The Kier molecular flexibility index (Phi) is 6.58. The Morgan fingerprint density at radius 1 is 1.30 bits per heavy atom. The number of hydrogen-bond acceptors (Lipinski definition) is 5. The predicted molar refractivity (Wildman–Crippen MR) is 77.1 cm³/mol. The van der Waals surface area contributed by atoms with Gasteiger partial charge in [-0.05, 0) is 30.7 Å². The standard InChI is InChI=1S/C14H13BrN2O3/c1-2-19-13-6-11(5-10(8-16)9-17)12(15)7-14(13)20-4-3-18/h5-7,18H,2-4H2,1H3. The van der Waals surface area contributed by atoms with Gasteiger partial charge in [-0.3, -0.25) is 0 Å². The Balaban J connectivity index is 3.23. The van der Waals surface area contributed by atoms with E-state index in [1.807, 2.05) is 6.92 Å². The van der Waals surface area contributed by atoms with Gasteiger partial charge in [0.05, 0.1) is 13.2 Å². The van der Waals surface area contributed by atoms with E-state index in [1.54, 1.807) is 24.3 Å². The molecule has 0 aliphatic carbocycles. The first-order chi connectivity index (χ1) is 9.65. The SMILES string of the molecule is CCOc1cc(C=C(C#N)C#N)c(Br)cc1OCCO. The number of aliphatic hydroxyl groups excluding tert-OH is 1. The van der Waals surface area contributed by atoms with Crippen molar-refractivity contribution in [2.45, 2.75) is 6.92 Å². The molecule has 0 radical (unpaired) electrons. The Morgan fingerprint density at radius 2 is 1.95 bits per heavy atom. The molecule has 0 atom stereocenters. The first-order valence-corrected chi connectivity index (χ1v) is 6.67. The molecular formula is C14H13BrN2O3. The molecule has 0 fully saturated rings. The van der Waals surface area contributed by atoms with Gasteiger partial charge in [0.15, 0.2) is 11.5 Å². The number of allylic oxidation sites excluding steroid dienone is 1. The number of ether oxygens (including phenoxy) is 2. The van der Waals surface area contributed by atoms with E-state index in [2.05, 4.69) is 15.9 Å². The third kappa shape index (κ3) is 4.27. The molecule has 0 amide bonds. The summed E-state index contributed by atoms with van der Waals surface area (Å²) < 4.78 is 11.5. The summed E-state index contributed by atoms with van der Waals surface area (Å²) in [6.07, 6.45) is 1.46. The Morgan fingerprint density at radius 3 is 2.50 bits per heavy atom. The van der Waals surface area contributed by atoms with E-state index >= 15 is 0 Å². The minimum Gasteiger partial charge on any atom is -0.490 e. The average molecular weight is 337 g/mol. The lowest BCUT2D eigenvalue weighted by atomic mass is 10.1. The van der Waals surface area contributed by atoms with Crippen molar-refractivity contribution in [3.8, 4) is 23.6 Å². The fraction of sp³-hybridized carbons (Fsp3) is 0.286. The minimum atomic E-state index is -0.0994. The van der Waals surface area contributed by atoms with Crippen molar-refractivity contribution in [1.82, 2.24) is 0 Å². The zero-order valence-corrected chi connectivity index (χ0v) is 12.5. The molecule has 0 aliphatic heterocycles. The van der Waals surface area contributed by atoms with Gasteiger partial charge in [0.1, 0.15) is 24.3 Å². The van der Waals surface area contributed by atoms with Crippen LogP contribution in [0.15, 0.2) is 22.2 Å². The molecule has 104 valence electrons. The van der Waals surface area contributed by atoms with E-state index < -0.39 is 0 Å². The molecule has 6 heteroatoms. The summed E-state index contributed by atoms with van der Waals surface area (Å²) in [4.78, 5) is 0. The maximum atomic E-state index is 8.80. The molecule has 1 N–H and O–H groups in total. The smallest absolute Gasteiger partial charge is 0.162 e. The molecule has 5 nitrogen and oxygen atoms in total. The second kappa shape index (κ2) is 8.21. The summed E-state index contributed by atoms with van der Waals surface area (Å²) in [7, 11) is 0. The summed E-state index contributed by atoms with van der Waals surface area (Å²) in [5.41, 5.74) is 0.639. The summed E-state index contributed by atoms with van der Waals surface area (Å²) in [5.74, 6) is 0.978. The van der Waals surface area contributed by atoms with Crippen LogP contribution >= 0.6 is 15.9 Å². The number of nitriles is 2. The second-order valence-corrected chi connectivity index (χ2v) is 4.46. The molecule has 20 heavy (non-hydrogen) atoms. The van der Waals surface area contributed by atoms with E-state index in [-0.39, 0.29) is 18.8 Å². The quantitative estimate of drug-likeness (QED) is 0.807. The second-order valence-electron chi connectivity index (χ2n) is 3.61. The van der Waals surface area contributed by atoms with Gasteiger partial charge in [-0.1, -0.05) is 15.9 Å².